The minimum Gasteiger partial charge on any atom is -0.423 e. The van der Waals surface area contributed by atoms with Crippen molar-refractivity contribution in [3.05, 3.63) is 24.3 Å². The summed E-state index contributed by atoms with van der Waals surface area (Å²) in [5.41, 5.74) is 0.995. The maximum Gasteiger partial charge on any atom is 0.164 e. The predicted molar refractivity (Wildman–Crippen MR) is 58.5 cm³/mol. The molecule has 0 amide bonds. The second-order valence-corrected chi connectivity index (χ2v) is 6.02. The van der Waals surface area contributed by atoms with Gasteiger partial charge in [-0.25, -0.2) is 0 Å². The van der Waals surface area contributed by atoms with E-state index in [1.807, 2.05) is 0 Å². The molecule has 0 bridgehead atoms. The van der Waals surface area contributed by atoms with Gasteiger partial charge in [0, 0.05) is 12.5 Å². The zero-order valence-corrected chi connectivity index (χ0v) is 9.53. The van der Waals surface area contributed by atoms with Crippen LogP contribution in [0, 0.1) is 5.92 Å². The van der Waals surface area contributed by atoms with Crippen molar-refractivity contribution >= 4 is 9.76 Å². The quantitative estimate of drug-likeness (QED) is 0.623. The minimum atomic E-state index is -0.214. The molecular formula is C11H18OSi. The molecule has 0 spiro atoms. The molecule has 1 fully saturated rings. The molecule has 0 saturated heterocycles. The maximum atomic E-state index is 5.84. The summed E-state index contributed by atoms with van der Waals surface area (Å²) in [5, 5.41) is 0. The summed E-state index contributed by atoms with van der Waals surface area (Å²) >= 11 is 0. The van der Waals surface area contributed by atoms with E-state index >= 15 is 0 Å². The molecule has 72 valence electrons. The molecule has 0 N–H and O–H groups in total. The SMILES string of the molecule is C1=CC(CO[SiH2]C2CCCC2)C=C1. The maximum absolute atomic E-state index is 5.84. The van der Waals surface area contributed by atoms with E-state index in [-0.39, 0.29) is 9.76 Å². The highest BCUT2D eigenvalue weighted by atomic mass is 28.2. The average molecular weight is 194 g/mol. The van der Waals surface area contributed by atoms with E-state index in [4.69, 9.17) is 4.43 Å². The normalized spacial score (nSPS) is 24.3. The molecule has 0 aromatic rings. The van der Waals surface area contributed by atoms with Crippen molar-refractivity contribution in [2.24, 2.45) is 5.92 Å². The van der Waals surface area contributed by atoms with Gasteiger partial charge in [0.25, 0.3) is 0 Å². The van der Waals surface area contributed by atoms with E-state index in [9.17, 15) is 0 Å². The molecule has 2 heteroatoms. The Morgan fingerprint density at radius 1 is 1.15 bits per heavy atom. The Labute approximate surface area is 82.8 Å². The molecule has 0 aromatic heterocycles. The largest absolute Gasteiger partial charge is 0.423 e. The van der Waals surface area contributed by atoms with Crippen molar-refractivity contribution in [2.45, 2.75) is 31.2 Å². The van der Waals surface area contributed by atoms with Crippen LogP contribution in [0.3, 0.4) is 0 Å². The van der Waals surface area contributed by atoms with Crippen molar-refractivity contribution in [1.82, 2.24) is 0 Å². The standard InChI is InChI=1S/C11H18OSi/c1-2-6-10(5-1)9-12-13-11-7-3-4-8-11/h1-2,5-6,10-11H,3-4,7-9,13H2. The lowest BCUT2D eigenvalue weighted by Gasteiger charge is -2.10. The fraction of sp³-hybridized carbons (Fsp3) is 0.636. The van der Waals surface area contributed by atoms with Crippen LogP contribution in [0.1, 0.15) is 25.7 Å². The molecular weight excluding hydrogens is 176 g/mol. The zero-order valence-electron chi connectivity index (χ0n) is 8.11. The van der Waals surface area contributed by atoms with E-state index < -0.39 is 0 Å². The fourth-order valence-electron chi connectivity index (χ4n) is 2.14. The van der Waals surface area contributed by atoms with Gasteiger partial charge in [0.15, 0.2) is 9.76 Å². The number of hydrogen-bond donors (Lipinski definition) is 0. The lowest BCUT2D eigenvalue weighted by molar-refractivity contribution is 0.307. The Bertz CT molecular complexity index is 192. The van der Waals surface area contributed by atoms with Crippen molar-refractivity contribution in [2.75, 3.05) is 6.61 Å². The third-order valence-electron chi connectivity index (χ3n) is 2.97. The smallest absolute Gasteiger partial charge is 0.164 e. The summed E-state index contributed by atoms with van der Waals surface area (Å²) in [6, 6.07) is 0. The number of rotatable bonds is 4. The van der Waals surface area contributed by atoms with Gasteiger partial charge >= 0.3 is 0 Å². The van der Waals surface area contributed by atoms with Crippen LogP contribution in [0.25, 0.3) is 0 Å². The van der Waals surface area contributed by atoms with Crippen LogP contribution in [0.15, 0.2) is 24.3 Å². The lowest BCUT2D eigenvalue weighted by Crippen LogP contribution is -2.10. The molecule has 0 radical (unpaired) electrons. The van der Waals surface area contributed by atoms with Crippen LogP contribution in [0.2, 0.25) is 5.54 Å². The van der Waals surface area contributed by atoms with Gasteiger partial charge in [0.2, 0.25) is 0 Å². The molecule has 1 nitrogen and oxygen atoms in total. The molecule has 0 aliphatic heterocycles. The molecule has 0 aromatic carbocycles. The van der Waals surface area contributed by atoms with Crippen LogP contribution in [-0.2, 0) is 4.43 Å². The summed E-state index contributed by atoms with van der Waals surface area (Å²) in [6.07, 6.45) is 14.5. The second kappa shape index (κ2) is 4.77. The predicted octanol–water partition coefficient (Wildman–Crippen LogP) is 2.19. The van der Waals surface area contributed by atoms with E-state index in [1.54, 1.807) is 0 Å². The van der Waals surface area contributed by atoms with Crippen LogP contribution in [0.4, 0.5) is 0 Å². The van der Waals surface area contributed by atoms with Crippen LogP contribution in [-0.4, -0.2) is 16.4 Å². The van der Waals surface area contributed by atoms with E-state index in [2.05, 4.69) is 24.3 Å². The van der Waals surface area contributed by atoms with Crippen LogP contribution < -0.4 is 0 Å². The molecule has 0 atom stereocenters. The molecule has 2 aliphatic carbocycles. The Hall–Kier alpha value is -0.343. The summed E-state index contributed by atoms with van der Waals surface area (Å²) in [7, 11) is -0.214. The first-order valence-electron chi connectivity index (χ1n) is 5.38. The van der Waals surface area contributed by atoms with Gasteiger partial charge in [0.05, 0.1) is 0 Å². The van der Waals surface area contributed by atoms with Gasteiger partial charge in [-0.1, -0.05) is 50.0 Å². The number of allylic oxidation sites excluding steroid dienone is 2. The van der Waals surface area contributed by atoms with Crippen molar-refractivity contribution < 1.29 is 4.43 Å². The fourth-order valence-corrected chi connectivity index (χ4v) is 3.79. The Morgan fingerprint density at radius 3 is 2.54 bits per heavy atom. The van der Waals surface area contributed by atoms with Crippen LogP contribution in [0.5, 0.6) is 0 Å². The van der Waals surface area contributed by atoms with E-state index in [0.29, 0.717) is 5.92 Å². The molecule has 13 heavy (non-hydrogen) atoms. The van der Waals surface area contributed by atoms with E-state index in [0.717, 1.165) is 12.1 Å². The third-order valence-corrected chi connectivity index (χ3v) is 4.73. The Morgan fingerprint density at radius 2 is 1.85 bits per heavy atom. The van der Waals surface area contributed by atoms with E-state index in [1.165, 1.54) is 25.7 Å². The minimum absolute atomic E-state index is 0.214. The van der Waals surface area contributed by atoms with Crippen molar-refractivity contribution in [3.8, 4) is 0 Å². The van der Waals surface area contributed by atoms with Gasteiger partial charge in [-0.2, -0.15) is 0 Å². The highest BCUT2D eigenvalue weighted by molar-refractivity contribution is 6.29. The first-order chi connectivity index (χ1) is 6.45. The molecule has 1 saturated carbocycles. The molecule has 2 aliphatic rings. The molecule has 0 heterocycles. The van der Waals surface area contributed by atoms with Gasteiger partial charge in [-0.3, -0.25) is 0 Å². The van der Waals surface area contributed by atoms with Gasteiger partial charge in [0.1, 0.15) is 0 Å². The highest BCUT2D eigenvalue weighted by Gasteiger charge is 2.16. The summed E-state index contributed by atoms with van der Waals surface area (Å²) in [4.78, 5) is 0. The van der Waals surface area contributed by atoms with Gasteiger partial charge in [-0.05, 0) is 5.54 Å². The summed E-state index contributed by atoms with van der Waals surface area (Å²) in [5.74, 6) is 0.578. The summed E-state index contributed by atoms with van der Waals surface area (Å²) in [6.45, 7) is 0.940. The zero-order chi connectivity index (χ0) is 8.93. The topological polar surface area (TPSA) is 9.23 Å². The molecule has 2 rings (SSSR count). The monoisotopic (exact) mass is 194 g/mol. The second-order valence-electron chi connectivity index (χ2n) is 4.12. The van der Waals surface area contributed by atoms with Crippen LogP contribution >= 0.6 is 0 Å². The Balaban J connectivity index is 1.57. The van der Waals surface area contributed by atoms with Crippen molar-refractivity contribution in [3.63, 3.8) is 0 Å². The van der Waals surface area contributed by atoms with Crippen molar-refractivity contribution in [1.29, 1.82) is 0 Å². The third kappa shape index (κ3) is 2.81. The first-order valence-corrected chi connectivity index (χ1v) is 6.77. The average Bonchev–Trinajstić information content (AvgIpc) is 2.75. The first kappa shape index (κ1) is 9.22. The lowest BCUT2D eigenvalue weighted by atomic mass is 10.2. The summed E-state index contributed by atoms with van der Waals surface area (Å²) < 4.78 is 5.84. The number of hydrogen-bond acceptors (Lipinski definition) is 1. The Kier molecular flexibility index (Phi) is 3.38. The van der Waals surface area contributed by atoms with Gasteiger partial charge in [-0.15, -0.1) is 0 Å². The highest BCUT2D eigenvalue weighted by Crippen LogP contribution is 2.29. The molecule has 0 unspecified atom stereocenters. The van der Waals surface area contributed by atoms with Gasteiger partial charge < -0.3 is 4.43 Å².